The van der Waals surface area contributed by atoms with Crippen molar-refractivity contribution in [2.24, 2.45) is 0 Å². The van der Waals surface area contributed by atoms with E-state index in [1.807, 2.05) is 6.92 Å². The highest BCUT2D eigenvalue weighted by Crippen LogP contribution is 2.29. The second-order valence-corrected chi connectivity index (χ2v) is 4.39. The Morgan fingerprint density at radius 2 is 2.05 bits per heavy atom. The summed E-state index contributed by atoms with van der Waals surface area (Å²) in [6, 6.07) is 4.67. The molecular weight excluding hydrogens is 247 g/mol. The number of benzene rings is 1. The Balaban J connectivity index is 2.03. The molecule has 1 fully saturated rings. The number of nitrogens with one attached hydrogen (secondary N) is 1. The first-order valence-electron chi connectivity index (χ1n) is 6.77. The number of rotatable bonds is 6. The van der Waals surface area contributed by atoms with Gasteiger partial charge in [-0.3, -0.25) is 0 Å². The van der Waals surface area contributed by atoms with Gasteiger partial charge in [-0.15, -0.1) is 0 Å². The number of ether oxygens (including phenoxy) is 2. The van der Waals surface area contributed by atoms with Crippen molar-refractivity contribution in [3.05, 3.63) is 24.0 Å². The lowest BCUT2D eigenvalue weighted by Gasteiger charge is -2.30. The van der Waals surface area contributed by atoms with E-state index >= 15 is 0 Å². The number of halogens is 1. The molecule has 0 saturated carbocycles. The minimum atomic E-state index is -0.231. The molecule has 1 aromatic carbocycles. The van der Waals surface area contributed by atoms with E-state index in [1.165, 1.54) is 6.07 Å². The van der Waals surface area contributed by atoms with E-state index in [2.05, 4.69) is 10.2 Å². The van der Waals surface area contributed by atoms with Crippen LogP contribution in [0.4, 0.5) is 10.1 Å². The van der Waals surface area contributed by atoms with Gasteiger partial charge in [-0.2, -0.15) is 0 Å². The van der Waals surface area contributed by atoms with Crippen LogP contribution in [0.1, 0.15) is 6.92 Å². The standard InChI is InChI=1S/C14H21FN2O2/c1-2-18-9-10-19-14-4-3-12(15)11-13(14)17-7-5-16-6-8-17/h3-4,11,16H,2,5-10H2,1H3. The molecule has 0 bridgehead atoms. The molecule has 0 atom stereocenters. The zero-order valence-electron chi connectivity index (χ0n) is 11.3. The van der Waals surface area contributed by atoms with Gasteiger partial charge < -0.3 is 19.7 Å². The third-order valence-corrected chi connectivity index (χ3v) is 3.07. The summed E-state index contributed by atoms with van der Waals surface area (Å²) in [6.07, 6.45) is 0. The van der Waals surface area contributed by atoms with Crippen LogP contribution < -0.4 is 15.0 Å². The van der Waals surface area contributed by atoms with E-state index in [9.17, 15) is 4.39 Å². The van der Waals surface area contributed by atoms with Crippen molar-refractivity contribution < 1.29 is 13.9 Å². The van der Waals surface area contributed by atoms with E-state index < -0.39 is 0 Å². The Morgan fingerprint density at radius 1 is 1.26 bits per heavy atom. The first-order valence-corrected chi connectivity index (χ1v) is 6.77. The summed E-state index contributed by atoms with van der Waals surface area (Å²) >= 11 is 0. The highest BCUT2D eigenvalue weighted by molar-refractivity contribution is 5.59. The predicted molar refractivity (Wildman–Crippen MR) is 73.5 cm³/mol. The summed E-state index contributed by atoms with van der Waals surface area (Å²) < 4.78 is 24.4. The van der Waals surface area contributed by atoms with Crippen molar-refractivity contribution in [3.63, 3.8) is 0 Å². The fourth-order valence-electron chi connectivity index (χ4n) is 2.12. The van der Waals surface area contributed by atoms with Crippen molar-refractivity contribution in [2.75, 3.05) is 50.9 Å². The molecule has 1 aliphatic heterocycles. The zero-order valence-corrected chi connectivity index (χ0v) is 11.3. The van der Waals surface area contributed by atoms with E-state index in [0.717, 1.165) is 37.6 Å². The first-order chi connectivity index (χ1) is 9.31. The largest absolute Gasteiger partial charge is 0.489 e. The van der Waals surface area contributed by atoms with Crippen molar-refractivity contribution in [1.29, 1.82) is 0 Å². The van der Waals surface area contributed by atoms with E-state index in [4.69, 9.17) is 9.47 Å². The lowest BCUT2D eigenvalue weighted by molar-refractivity contribution is 0.110. The number of hydrogen-bond acceptors (Lipinski definition) is 4. The van der Waals surface area contributed by atoms with Crippen molar-refractivity contribution in [2.45, 2.75) is 6.92 Å². The smallest absolute Gasteiger partial charge is 0.142 e. The Kier molecular flexibility index (Phi) is 5.42. The van der Waals surface area contributed by atoms with Crippen LogP contribution in [0.2, 0.25) is 0 Å². The molecule has 0 aromatic heterocycles. The topological polar surface area (TPSA) is 33.7 Å². The Labute approximate surface area is 113 Å². The lowest BCUT2D eigenvalue weighted by Crippen LogP contribution is -2.43. The Morgan fingerprint density at radius 3 is 2.79 bits per heavy atom. The van der Waals surface area contributed by atoms with Crippen molar-refractivity contribution in [3.8, 4) is 5.75 Å². The van der Waals surface area contributed by atoms with Crippen LogP contribution in [0.3, 0.4) is 0 Å². The van der Waals surface area contributed by atoms with Crippen LogP contribution in [-0.4, -0.2) is 46.0 Å². The first kappa shape index (κ1) is 14.1. The maximum atomic E-state index is 13.4. The number of hydrogen-bond donors (Lipinski definition) is 1. The number of nitrogens with zero attached hydrogens (tertiary/aromatic N) is 1. The normalized spacial score (nSPS) is 15.6. The SMILES string of the molecule is CCOCCOc1ccc(F)cc1N1CCNCC1. The average Bonchev–Trinajstić information content (AvgIpc) is 2.46. The molecule has 1 aliphatic rings. The van der Waals surface area contributed by atoms with Gasteiger partial charge in [-0.1, -0.05) is 0 Å². The number of piperazine rings is 1. The maximum Gasteiger partial charge on any atom is 0.142 e. The zero-order chi connectivity index (χ0) is 13.5. The van der Waals surface area contributed by atoms with Gasteiger partial charge in [0.1, 0.15) is 18.2 Å². The van der Waals surface area contributed by atoms with Gasteiger partial charge in [0.05, 0.1) is 12.3 Å². The molecule has 1 N–H and O–H groups in total. The summed E-state index contributed by atoms with van der Waals surface area (Å²) in [5, 5.41) is 3.28. The molecule has 1 heterocycles. The second-order valence-electron chi connectivity index (χ2n) is 4.39. The lowest BCUT2D eigenvalue weighted by atomic mass is 10.2. The molecule has 2 rings (SSSR count). The minimum absolute atomic E-state index is 0.231. The van der Waals surface area contributed by atoms with Gasteiger partial charge in [0.25, 0.3) is 0 Å². The van der Waals surface area contributed by atoms with Gasteiger partial charge in [0.2, 0.25) is 0 Å². The van der Waals surface area contributed by atoms with E-state index in [1.54, 1.807) is 12.1 Å². The fraction of sp³-hybridized carbons (Fsp3) is 0.571. The van der Waals surface area contributed by atoms with Crippen LogP contribution in [0.25, 0.3) is 0 Å². The molecule has 1 saturated heterocycles. The summed E-state index contributed by atoms with van der Waals surface area (Å²) in [6.45, 7) is 7.22. The van der Waals surface area contributed by atoms with Crippen LogP contribution in [0.15, 0.2) is 18.2 Å². The summed E-state index contributed by atoms with van der Waals surface area (Å²) in [7, 11) is 0. The minimum Gasteiger partial charge on any atom is -0.489 e. The third-order valence-electron chi connectivity index (χ3n) is 3.07. The molecule has 106 valence electrons. The summed E-state index contributed by atoms with van der Waals surface area (Å²) in [5.74, 6) is 0.494. The van der Waals surface area contributed by atoms with Crippen LogP contribution in [0, 0.1) is 5.82 Å². The molecule has 0 unspecified atom stereocenters. The van der Waals surface area contributed by atoms with Gasteiger partial charge in [-0.05, 0) is 19.1 Å². The molecule has 0 radical (unpaired) electrons. The molecule has 0 spiro atoms. The van der Waals surface area contributed by atoms with E-state index in [0.29, 0.717) is 19.8 Å². The van der Waals surface area contributed by atoms with Gasteiger partial charge >= 0.3 is 0 Å². The monoisotopic (exact) mass is 268 g/mol. The molecule has 1 aromatic rings. The molecule has 4 nitrogen and oxygen atoms in total. The van der Waals surface area contributed by atoms with Crippen molar-refractivity contribution in [1.82, 2.24) is 5.32 Å². The Hall–Kier alpha value is -1.33. The molecule has 0 aliphatic carbocycles. The third kappa shape index (κ3) is 4.08. The molecule has 5 heteroatoms. The maximum absolute atomic E-state index is 13.4. The fourth-order valence-corrected chi connectivity index (χ4v) is 2.12. The van der Waals surface area contributed by atoms with E-state index in [-0.39, 0.29) is 5.82 Å². The van der Waals surface area contributed by atoms with Gasteiger partial charge in [0.15, 0.2) is 0 Å². The Bertz CT molecular complexity index is 395. The summed E-state index contributed by atoms with van der Waals surface area (Å²) in [5.41, 5.74) is 0.831. The average molecular weight is 268 g/mol. The second kappa shape index (κ2) is 7.31. The number of anilines is 1. The van der Waals surface area contributed by atoms with Crippen LogP contribution >= 0.6 is 0 Å². The van der Waals surface area contributed by atoms with Gasteiger partial charge in [0, 0.05) is 38.9 Å². The van der Waals surface area contributed by atoms with Crippen LogP contribution in [-0.2, 0) is 4.74 Å². The highest BCUT2D eigenvalue weighted by atomic mass is 19.1. The van der Waals surface area contributed by atoms with Gasteiger partial charge in [-0.25, -0.2) is 4.39 Å². The molecular formula is C14H21FN2O2. The molecule has 0 amide bonds. The van der Waals surface area contributed by atoms with Crippen molar-refractivity contribution >= 4 is 5.69 Å². The highest BCUT2D eigenvalue weighted by Gasteiger charge is 2.15. The summed E-state index contributed by atoms with van der Waals surface area (Å²) in [4.78, 5) is 2.15. The molecule has 19 heavy (non-hydrogen) atoms. The van der Waals surface area contributed by atoms with Crippen LogP contribution in [0.5, 0.6) is 5.75 Å². The quantitative estimate of drug-likeness (QED) is 0.795. The predicted octanol–water partition coefficient (Wildman–Crippen LogP) is 1.65.